The first-order chi connectivity index (χ1) is 14.7. The number of non-ortho nitro benzene ring substituents is 1. The molecule has 0 saturated heterocycles. The summed E-state index contributed by atoms with van der Waals surface area (Å²) in [6.07, 6.45) is 7.99. The fraction of sp³-hybridized carbons (Fsp3) is 0.524. The fourth-order valence-corrected chi connectivity index (χ4v) is 6.33. The lowest BCUT2D eigenvalue weighted by atomic mass is 9.53. The van der Waals surface area contributed by atoms with Gasteiger partial charge in [0.15, 0.2) is 0 Å². The van der Waals surface area contributed by atoms with E-state index in [0.29, 0.717) is 29.0 Å². The maximum Gasteiger partial charge on any atom is 0.320 e. The molecule has 0 unspecified atom stereocenters. The molecule has 0 aliphatic heterocycles. The number of rotatable bonds is 5. The molecule has 1 N–H and O–H groups in total. The Morgan fingerprint density at radius 1 is 1.10 bits per heavy atom. The highest BCUT2D eigenvalue weighted by molar-refractivity contribution is 6.05. The second-order valence-corrected chi connectivity index (χ2v) is 9.42. The summed E-state index contributed by atoms with van der Waals surface area (Å²) in [5.41, 5.74) is -0.0136. The van der Waals surface area contributed by atoms with Gasteiger partial charge in [-0.25, -0.2) is 0 Å². The normalized spacial score (nSPS) is 28.5. The molecule has 10 nitrogen and oxygen atoms in total. The van der Waals surface area contributed by atoms with E-state index in [9.17, 15) is 25.0 Å². The van der Waals surface area contributed by atoms with Gasteiger partial charge >= 0.3 is 5.69 Å². The number of aromatic nitrogens is 2. The van der Waals surface area contributed by atoms with Gasteiger partial charge in [-0.2, -0.15) is 5.10 Å². The predicted octanol–water partition coefficient (Wildman–Crippen LogP) is 4.19. The van der Waals surface area contributed by atoms with Crippen LogP contribution in [-0.2, 0) is 5.54 Å². The molecule has 31 heavy (non-hydrogen) atoms. The number of aryl methyl sites for hydroxylation is 1. The standard InChI is InChI=1S/C21H23N5O5/c1-12-4-16(25(28)29)2-3-17(12)22-20(27)19-18(26(30)31)11-24(23-19)21-8-13-5-14(9-21)7-15(6-13)10-21/h2-4,11,13-15H,5-10H2,1H3,(H,22,27). The van der Waals surface area contributed by atoms with Crippen molar-refractivity contribution >= 4 is 23.0 Å². The summed E-state index contributed by atoms with van der Waals surface area (Å²) < 4.78 is 1.70. The van der Waals surface area contributed by atoms with Crippen LogP contribution in [0.3, 0.4) is 0 Å². The van der Waals surface area contributed by atoms with E-state index < -0.39 is 15.8 Å². The number of hydrogen-bond donors (Lipinski definition) is 1. The molecule has 0 radical (unpaired) electrons. The van der Waals surface area contributed by atoms with Crippen LogP contribution in [0.2, 0.25) is 0 Å². The Bertz CT molecular complexity index is 1070. The van der Waals surface area contributed by atoms with Gasteiger partial charge in [0.2, 0.25) is 5.69 Å². The van der Waals surface area contributed by atoms with Crippen LogP contribution in [0.25, 0.3) is 0 Å². The molecule has 0 atom stereocenters. The number of carbonyl (C=O) groups excluding carboxylic acids is 1. The monoisotopic (exact) mass is 425 g/mol. The molecule has 1 heterocycles. The first-order valence-electron chi connectivity index (χ1n) is 10.5. The third kappa shape index (κ3) is 3.26. The highest BCUT2D eigenvalue weighted by Crippen LogP contribution is 2.58. The minimum absolute atomic E-state index is 0.0902. The SMILES string of the molecule is Cc1cc([N+](=O)[O-])ccc1NC(=O)c1nn(C23CC4CC(CC(C4)C2)C3)cc1[N+](=O)[O-]. The molecule has 6 rings (SSSR count). The number of nitro groups is 2. The van der Waals surface area contributed by atoms with Crippen LogP contribution < -0.4 is 5.32 Å². The van der Waals surface area contributed by atoms with Crippen LogP contribution in [-0.4, -0.2) is 25.5 Å². The predicted molar refractivity (Wildman–Crippen MR) is 111 cm³/mol. The highest BCUT2D eigenvalue weighted by atomic mass is 16.6. The lowest BCUT2D eigenvalue weighted by Crippen LogP contribution is -2.52. The first-order valence-corrected chi connectivity index (χ1v) is 10.5. The van der Waals surface area contributed by atoms with Gasteiger partial charge in [-0.15, -0.1) is 0 Å². The Labute approximate surface area is 177 Å². The molecule has 1 aromatic carbocycles. The highest BCUT2D eigenvalue weighted by Gasteiger charge is 2.53. The van der Waals surface area contributed by atoms with Crippen LogP contribution in [0.4, 0.5) is 17.1 Å². The molecule has 4 aliphatic carbocycles. The number of nitrogens with zero attached hydrogens (tertiary/aromatic N) is 4. The topological polar surface area (TPSA) is 133 Å². The number of benzene rings is 1. The second kappa shape index (κ2) is 6.86. The van der Waals surface area contributed by atoms with Crippen LogP contribution in [0.15, 0.2) is 24.4 Å². The van der Waals surface area contributed by atoms with E-state index in [2.05, 4.69) is 10.4 Å². The Hall–Kier alpha value is -3.30. The second-order valence-electron chi connectivity index (χ2n) is 9.42. The third-order valence-corrected chi connectivity index (χ3v) is 7.27. The summed E-state index contributed by atoms with van der Waals surface area (Å²) in [6.45, 7) is 1.63. The minimum Gasteiger partial charge on any atom is -0.320 e. The average molecular weight is 425 g/mol. The number of carbonyl (C=O) groups is 1. The lowest BCUT2D eigenvalue weighted by molar-refractivity contribution is -0.385. The van der Waals surface area contributed by atoms with Crippen molar-refractivity contribution in [2.24, 2.45) is 17.8 Å². The Morgan fingerprint density at radius 2 is 1.71 bits per heavy atom. The van der Waals surface area contributed by atoms with Crippen LogP contribution in [0.5, 0.6) is 0 Å². The molecular formula is C21H23N5O5. The molecule has 4 fully saturated rings. The van der Waals surface area contributed by atoms with Gasteiger partial charge in [0.05, 0.1) is 15.4 Å². The molecule has 162 valence electrons. The zero-order chi connectivity index (χ0) is 21.9. The van der Waals surface area contributed by atoms with Crippen molar-refractivity contribution in [3.05, 3.63) is 55.9 Å². The van der Waals surface area contributed by atoms with E-state index in [0.717, 1.165) is 19.3 Å². The summed E-state index contributed by atoms with van der Waals surface area (Å²) in [5, 5.41) is 29.7. The maximum absolute atomic E-state index is 12.9. The number of amides is 1. The van der Waals surface area contributed by atoms with Crippen molar-refractivity contribution in [3.63, 3.8) is 0 Å². The fourth-order valence-electron chi connectivity index (χ4n) is 6.33. The summed E-state index contributed by atoms with van der Waals surface area (Å²) in [4.78, 5) is 34.5. The Kier molecular flexibility index (Phi) is 4.35. The van der Waals surface area contributed by atoms with Crippen molar-refractivity contribution in [3.8, 4) is 0 Å². The van der Waals surface area contributed by atoms with Crippen molar-refractivity contribution in [1.82, 2.24) is 9.78 Å². The summed E-state index contributed by atoms with van der Waals surface area (Å²) in [5.74, 6) is 1.21. The largest absolute Gasteiger partial charge is 0.320 e. The maximum atomic E-state index is 12.9. The summed E-state index contributed by atoms with van der Waals surface area (Å²) >= 11 is 0. The lowest BCUT2D eigenvalue weighted by Gasteiger charge is -2.56. The first kappa shape index (κ1) is 19.7. The smallest absolute Gasteiger partial charge is 0.320 e. The molecule has 4 bridgehead atoms. The van der Waals surface area contributed by atoms with E-state index >= 15 is 0 Å². The number of hydrogen-bond acceptors (Lipinski definition) is 6. The van der Waals surface area contributed by atoms with Gasteiger partial charge in [0, 0.05) is 17.8 Å². The molecule has 2 aromatic rings. The zero-order valence-electron chi connectivity index (χ0n) is 17.1. The van der Waals surface area contributed by atoms with Gasteiger partial charge in [-0.3, -0.25) is 29.7 Å². The Balaban J connectivity index is 1.46. The van der Waals surface area contributed by atoms with Crippen molar-refractivity contribution in [1.29, 1.82) is 0 Å². The van der Waals surface area contributed by atoms with E-state index in [1.165, 1.54) is 43.7 Å². The van der Waals surface area contributed by atoms with Gasteiger partial charge in [-0.05, 0) is 74.8 Å². The molecular weight excluding hydrogens is 402 g/mol. The van der Waals surface area contributed by atoms with E-state index in [-0.39, 0.29) is 22.6 Å². The Morgan fingerprint density at radius 3 is 2.23 bits per heavy atom. The molecule has 4 saturated carbocycles. The van der Waals surface area contributed by atoms with Crippen molar-refractivity contribution < 1.29 is 14.6 Å². The average Bonchev–Trinajstić information content (AvgIpc) is 3.15. The number of nitrogens with one attached hydrogen (secondary N) is 1. The van der Waals surface area contributed by atoms with Gasteiger partial charge in [-0.1, -0.05) is 0 Å². The van der Waals surface area contributed by atoms with Crippen LogP contribution in [0.1, 0.15) is 54.6 Å². The van der Waals surface area contributed by atoms with Crippen molar-refractivity contribution in [2.45, 2.75) is 51.0 Å². The van der Waals surface area contributed by atoms with Gasteiger partial charge in [0.1, 0.15) is 6.20 Å². The van der Waals surface area contributed by atoms with Gasteiger partial charge in [0.25, 0.3) is 11.6 Å². The molecule has 0 spiro atoms. The quantitative estimate of drug-likeness (QED) is 0.564. The molecule has 4 aliphatic rings. The number of anilines is 1. The number of nitro benzene ring substituents is 1. The van der Waals surface area contributed by atoms with Crippen LogP contribution in [0, 0.1) is 44.9 Å². The van der Waals surface area contributed by atoms with Gasteiger partial charge < -0.3 is 5.32 Å². The molecule has 1 aromatic heterocycles. The molecule has 1 amide bonds. The van der Waals surface area contributed by atoms with Crippen LogP contribution >= 0.6 is 0 Å². The van der Waals surface area contributed by atoms with E-state index in [1.54, 1.807) is 11.6 Å². The minimum atomic E-state index is -0.688. The molecule has 10 heteroatoms. The zero-order valence-corrected chi connectivity index (χ0v) is 17.1. The summed E-state index contributed by atoms with van der Waals surface area (Å²) in [7, 11) is 0. The van der Waals surface area contributed by atoms with Crippen molar-refractivity contribution in [2.75, 3.05) is 5.32 Å². The summed E-state index contributed by atoms with van der Waals surface area (Å²) in [6, 6.07) is 4.05. The van der Waals surface area contributed by atoms with E-state index in [1.807, 2.05) is 0 Å². The third-order valence-electron chi connectivity index (χ3n) is 7.27. The van der Waals surface area contributed by atoms with E-state index in [4.69, 9.17) is 0 Å².